The SMILES string of the molecule is Cc1ccc(CCCCS(=O)(=O)CCCCc2ccc(C)cc2)cc1. The molecule has 2 nitrogen and oxygen atoms in total. The number of hydrogen-bond acceptors (Lipinski definition) is 2. The average molecular weight is 359 g/mol. The number of sulfone groups is 1. The van der Waals surface area contributed by atoms with Crippen LogP contribution in [-0.4, -0.2) is 19.9 Å². The molecule has 0 aliphatic carbocycles. The Morgan fingerprint density at radius 3 is 1.32 bits per heavy atom. The topological polar surface area (TPSA) is 34.1 Å². The highest BCUT2D eigenvalue weighted by Crippen LogP contribution is 2.11. The van der Waals surface area contributed by atoms with Crippen molar-refractivity contribution < 1.29 is 8.42 Å². The summed E-state index contributed by atoms with van der Waals surface area (Å²) < 4.78 is 24.3. The van der Waals surface area contributed by atoms with Gasteiger partial charge in [-0.3, -0.25) is 0 Å². The van der Waals surface area contributed by atoms with E-state index in [9.17, 15) is 8.42 Å². The van der Waals surface area contributed by atoms with Crippen molar-refractivity contribution in [2.45, 2.75) is 52.4 Å². The highest BCUT2D eigenvalue weighted by molar-refractivity contribution is 7.91. The molecule has 2 aromatic carbocycles. The lowest BCUT2D eigenvalue weighted by atomic mass is 10.1. The molecule has 0 spiro atoms. The van der Waals surface area contributed by atoms with Gasteiger partial charge in [-0.25, -0.2) is 8.42 Å². The Bertz CT molecular complexity index is 669. The summed E-state index contributed by atoms with van der Waals surface area (Å²) in [5.74, 6) is 0.646. The Morgan fingerprint density at radius 1 is 0.600 bits per heavy atom. The van der Waals surface area contributed by atoms with E-state index in [2.05, 4.69) is 62.4 Å². The molecule has 0 atom stereocenters. The second-order valence-corrected chi connectivity index (χ2v) is 9.34. The summed E-state index contributed by atoms with van der Waals surface area (Å²) in [4.78, 5) is 0. The van der Waals surface area contributed by atoms with E-state index in [-0.39, 0.29) is 0 Å². The first-order chi connectivity index (χ1) is 11.9. The molecule has 0 saturated heterocycles. The maximum absolute atomic E-state index is 12.1. The molecule has 0 N–H and O–H groups in total. The Labute approximate surface area is 153 Å². The van der Waals surface area contributed by atoms with E-state index < -0.39 is 9.84 Å². The number of aryl methyl sites for hydroxylation is 4. The zero-order chi connectivity index (χ0) is 18.1. The van der Waals surface area contributed by atoms with Crippen LogP contribution in [0.5, 0.6) is 0 Å². The highest BCUT2D eigenvalue weighted by atomic mass is 32.2. The summed E-state index contributed by atoms with van der Waals surface area (Å²) in [6.07, 6.45) is 5.31. The molecule has 0 aliphatic heterocycles. The monoisotopic (exact) mass is 358 g/mol. The van der Waals surface area contributed by atoms with Crippen LogP contribution in [0.2, 0.25) is 0 Å². The Balaban J connectivity index is 1.60. The van der Waals surface area contributed by atoms with E-state index in [1.807, 2.05) is 0 Å². The van der Waals surface area contributed by atoms with Gasteiger partial charge in [-0.15, -0.1) is 0 Å². The van der Waals surface area contributed by atoms with Gasteiger partial charge in [-0.2, -0.15) is 0 Å². The molecule has 0 unspecified atom stereocenters. The predicted molar refractivity (Wildman–Crippen MR) is 107 cm³/mol. The summed E-state index contributed by atoms with van der Waals surface area (Å²) in [6, 6.07) is 17.0. The Hall–Kier alpha value is -1.61. The molecule has 0 saturated carbocycles. The van der Waals surface area contributed by atoms with Crippen molar-refractivity contribution >= 4 is 9.84 Å². The third-order valence-electron chi connectivity index (χ3n) is 4.58. The molecule has 0 fully saturated rings. The quantitative estimate of drug-likeness (QED) is 0.556. The van der Waals surface area contributed by atoms with Crippen LogP contribution in [0.25, 0.3) is 0 Å². The van der Waals surface area contributed by atoms with E-state index in [4.69, 9.17) is 0 Å². The lowest BCUT2D eigenvalue weighted by molar-refractivity contribution is 0.587. The lowest BCUT2D eigenvalue weighted by Crippen LogP contribution is -2.11. The fourth-order valence-corrected chi connectivity index (χ4v) is 4.41. The van der Waals surface area contributed by atoms with Gasteiger partial charge in [0.15, 0.2) is 0 Å². The van der Waals surface area contributed by atoms with E-state index in [1.165, 1.54) is 22.3 Å². The second-order valence-electron chi connectivity index (χ2n) is 7.04. The molecule has 0 amide bonds. The van der Waals surface area contributed by atoms with Crippen LogP contribution in [0.4, 0.5) is 0 Å². The first kappa shape index (κ1) is 19.7. The third kappa shape index (κ3) is 7.87. The van der Waals surface area contributed by atoms with E-state index in [0.29, 0.717) is 11.5 Å². The first-order valence-electron chi connectivity index (χ1n) is 9.26. The minimum absolute atomic E-state index is 0.323. The first-order valence-corrected chi connectivity index (χ1v) is 11.1. The minimum atomic E-state index is -2.90. The van der Waals surface area contributed by atoms with Gasteiger partial charge in [0.05, 0.1) is 11.5 Å². The molecule has 3 heteroatoms. The van der Waals surface area contributed by atoms with E-state index in [0.717, 1.165) is 38.5 Å². The minimum Gasteiger partial charge on any atom is -0.229 e. The van der Waals surface area contributed by atoms with Gasteiger partial charge in [-0.05, 0) is 63.5 Å². The molecule has 2 rings (SSSR count). The molecule has 2 aromatic rings. The van der Waals surface area contributed by atoms with Crippen LogP contribution < -0.4 is 0 Å². The van der Waals surface area contributed by atoms with Gasteiger partial charge >= 0.3 is 0 Å². The van der Waals surface area contributed by atoms with Crippen LogP contribution in [0.1, 0.15) is 47.9 Å². The molecular weight excluding hydrogens is 328 g/mol. The van der Waals surface area contributed by atoms with Gasteiger partial charge in [0.25, 0.3) is 0 Å². The van der Waals surface area contributed by atoms with E-state index >= 15 is 0 Å². The van der Waals surface area contributed by atoms with Crippen LogP contribution in [0, 0.1) is 13.8 Å². The number of benzene rings is 2. The van der Waals surface area contributed by atoms with Crippen LogP contribution in [0.15, 0.2) is 48.5 Å². The summed E-state index contributed by atoms with van der Waals surface area (Å²) in [6.45, 7) is 4.16. The molecule has 0 radical (unpaired) electrons. The maximum Gasteiger partial charge on any atom is 0.150 e. The lowest BCUT2D eigenvalue weighted by Gasteiger charge is -2.06. The Morgan fingerprint density at radius 2 is 0.960 bits per heavy atom. The van der Waals surface area contributed by atoms with Crippen molar-refractivity contribution in [2.75, 3.05) is 11.5 Å². The van der Waals surface area contributed by atoms with Gasteiger partial charge in [0, 0.05) is 0 Å². The van der Waals surface area contributed by atoms with E-state index in [1.54, 1.807) is 0 Å². The van der Waals surface area contributed by atoms with Crippen LogP contribution >= 0.6 is 0 Å². The molecule has 25 heavy (non-hydrogen) atoms. The van der Waals surface area contributed by atoms with Gasteiger partial charge in [0.1, 0.15) is 9.84 Å². The smallest absolute Gasteiger partial charge is 0.150 e. The van der Waals surface area contributed by atoms with Crippen molar-refractivity contribution in [1.82, 2.24) is 0 Å². The third-order valence-corrected chi connectivity index (χ3v) is 6.40. The van der Waals surface area contributed by atoms with Crippen LogP contribution in [0.3, 0.4) is 0 Å². The zero-order valence-electron chi connectivity index (χ0n) is 15.5. The Kier molecular flexibility index (Phi) is 7.70. The number of rotatable bonds is 10. The summed E-state index contributed by atoms with van der Waals surface area (Å²) >= 11 is 0. The summed E-state index contributed by atoms with van der Waals surface area (Å²) in [5, 5.41) is 0. The van der Waals surface area contributed by atoms with Crippen molar-refractivity contribution in [3.05, 3.63) is 70.8 Å². The largest absolute Gasteiger partial charge is 0.229 e. The highest BCUT2D eigenvalue weighted by Gasteiger charge is 2.10. The van der Waals surface area contributed by atoms with Crippen molar-refractivity contribution in [3.8, 4) is 0 Å². The van der Waals surface area contributed by atoms with Gasteiger partial charge < -0.3 is 0 Å². The zero-order valence-corrected chi connectivity index (χ0v) is 16.3. The summed E-state index contributed by atoms with van der Waals surface area (Å²) in [7, 11) is -2.90. The maximum atomic E-state index is 12.1. The van der Waals surface area contributed by atoms with Crippen LogP contribution in [-0.2, 0) is 22.7 Å². The summed E-state index contributed by atoms with van der Waals surface area (Å²) in [5.41, 5.74) is 5.11. The van der Waals surface area contributed by atoms with Crippen molar-refractivity contribution in [1.29, 1.82) is 0 Å². The number of hydrogen-bond donors (Lipinski definition) is 0. The standard InChI is InChI=1S/C22H30O2S/c1-19-9-13-21(14-10-19)7-3-5-17-25(23,24)18-6-4-8-22-15-11-20(2)12-16-22/h9-16H,3-8,17-18H2,1-2H3. The predicted octanol–water partition coefficient (Wildman–Crippen LogP) is 5.06. The molecule has 0 aliphatic rings. The molecular formula is C22H30O2S. The fraction of sp³-hybridized carbons (Fsp3) is 0.455. The average Bonchev–Trinajstić information content (AvgIpc) is 2.59. The van der Waals surface area contributed by atoms with Gasteiger partial charge in [0.2, 0.25) is 0 Å². The molecule has 0 aromatic heterocycles. The molecule has 0 bridgehead atoms. The normalized spacial score (nSPS) is 11.6. The molecule has 136 valence electrons. The molecule has 0 heterocycles. The fourth-order valence-electron chi connectivity index (χ4n) is 2.91. The van der Waals surface area contributed by atoms with Crippen molar-refractivity contribution in [3.63, 3.8) is 0 Å². The van der Waals surface area contributed by atoms with Crippen molar-refractivity contribution in [2.24, 2.45) is 0 Å². The number of unbranched alkanes of at least 4 members (excludes halogenated alkanes) is 2. The second kappa shape index (κ2) is 9.76. The van der Waals surface area contributed by atoms with Gasteiger partial charge in [-0.1, -0.05) is 59.7 Å².